The van der Waals surface area contributed by atoms with Crippen LogP contribution in [-0.4, -0.2) is 54.3 Å². The van der Waals surface area contributed by atoms with Gasteiger partial charge < -0.3 is 19.7 Å². The van der Waals surface area contributed by atoms with Gasteiger partial charge in [-0.15, -0.1) is 0 Å². The molecule has 1 aromatic carbocycles. The van der Waals surface area contributed by atoms with Crippen molar-refractivity contribution < 1.29 is 19.1 Å². The first-order chi connectivity index (χ1) is 11.8. The van der Waals surface area contributed by atoms with Crippen LogP contribution in [0.25, 0.3) is 0 Å². The molecular weight excluding hydrogens is 320 g/mol. The Labute approximate surface area is 148 Å². The molecule has 2 aliphatic rings. The monoisotopic (exact) mass is 346 g/mol. The predicted molar refractivity (Wildman–Crippen MR) is 93.4 cm³/mol. The van der Waals surface area contributed by atoms with Gasteiger partial charge in [0.1, 0.15) is 0 Å². The summed E-state index contributed by atoms with van der Waals surface area (Å²) < 4.78 is 11.4. The molecule has 136 valence electrons. The van der Waals surface area contributed by atoms with Crippen LogP contribution in [-0.2, 0) is 9.47 Å². The Balaban J connectivity index is 1.60. The second-order valence-electron chi connectivity index (χ2n) is 7.68. The van der Waals surface area contributed by atoms with Crippen molar-refractivity contribution in [1.29, 1.82) is 0 Å². The van der Waals surface area contributed by atoms with Gasteiger partial charge in [0.2, 0.25) is 0 Å². The number of likely N-dealkylation sites (tertiary alicyclic amines) is 1. The molecule has 1 spiro atoms. The molecule has 0 unspecified atom stereocenters. The molecule has 6 nitrogen and oxygen atoms in total. The van der Waals surface area contributed by atoms with Gasteiger partial charge in [0.15, 0.2) is 5.79 Å². The number of piperidine rings is 1. The van der Waals surface area contributed by atoms with Crippen molar-refractivity contribution >= 4 is 11.8 Å². The van der Waals surface area contributed by atoms with Crippen molar-refractivity contribution in [3.63, 3.8) is 0 Å². The Morgan fingerprint density at radius 2 is 1.52 bits per heavy atom. The van der Waals surface area contributed by atoms with Gasteiger partial charge in [0, 0.05) is 42.6 Å². The van der Waals surface area contributed by atoms with E-state index in [-0.39, 0.29) is 17.4 Å². The molecule has 3 rings (SSSR count). The molecule has 25 heavy (non-hydrogen) atoms. The highest BCUT2D eigenvalue weighted by molar-refractivity contribution is 5.98. The fraction of sp³-hybridized carbons (Fsp3) is 0.579. The summed E-state index contributed by atoms with van der Waals surface area (Å²) in [5.41, 5.74) is 0.855. The van der Waals surface area contributed by atoms with Crippen molar-refractivity contribution in [2.24, 2.45) is 0 Å². The molecule has 2 saturated heterocycles. The van der Waals surface area contributed by atoms with Crippen LogP contribution in [0.2, 0.25) is 0 Å². The largest absolute Gasteiger partial charge is 0.347 e. The van der Waals surface area contributed by atoms with E-state index in [1.54, 1.807) is 24.3 Å². The van der Waals surface area contributed by atoms with Crippen molar-refractivity contribution in [3.05, 3.63) is 35.4 Å². The summed E-state index contributed by atoms with van der Waals surface area (Å²) >= 11 is 0. The maximum Gasteiger partial charge on any atom is 0.253 e. The zero-order chi connectivity index (χ0) is 18.1. The average molecular weight is 346 g/mol. The highest BCUT2D eigenvalue weighted by Gasteiger charge is 2.40. The summed E-state index contributed by atoms with van der Waals surface area (Å²) in [5, 5.41) is 2.91. The van der Waals surface area contributed by atoms with E-state index in [0.717, 1.165) is 0 Å². The van der Waals surface area contributed by atoms with E-state index in [9.17, 15) is 9.59 Å². The third-order valence-electron chi connectivity index (χ3n) is 4.51. The lowest BCUT2D eigenvalue weighted by atomic mass is 10.0. The van der Waals surface area contributed by atoms with Crippen LogP contribution in [0.1, 0.15) is 54.3 Å². The molecule has 0 bridgehead atoms. The number of hydrogen-bond acceptors (Lipinski definition) is 4. The Kier molecular flexibility index (Phi) is 4.84. The van der Waals surface area contributed by atoms with Crippen molar-refractivity contribution in [3.8, 4) is 0 Å². The van der Waals surface area contributed by atoms with Gasteiger partial charge in [-0.1, -0.05) is 0 Å². The Hall–Kier alpha value is -1.92. The second-order valence-corrected chi connectivity index (χ2v) is 7.68. The first-order valence-corrected chi connectivity index (χ1v) is 8.78. The van der Waals surface area contributed by atoms with Crippen LogP contribution < -0.4 is 5.32 Å². The molecule has 2 aliphatic heterocycles. The van der Waals surface area contributed by atoms with Crippen LogP contribution in [0.15, 0.2) is 24.3 Å². The summed E-state index contributed by atoms with van der Waals surface area (Å²) in [6, 6.07) is 6.82. The lowest BCUT2D eigenvalue weighted by Gasteiger charge is -2.37. The summed E-state index contributed by atoms with van der Waals surface area (Å²) in [4.78, 5) is 26.6. The number of ether oxygens (including phenoxy) is 2. The summed E-state index contributed by atoms with van der Waals surface area (Å²) in [7, 11) is 0. The third-order valence-corrected chi connectivity index (χ3v) is 4.51. The Morgan fingerprint density at radius 3 is 2.04 bits per heavy atom. The summed E-state index contributed by atoms with van der Waals surface area (Å²) in [6.07, 6.45) is 1.40. The van der Waals surface area contributed by atoms with E-state index in [1.165, 1.54) is 0 Å². The molecule has 6 heteroatoms. The van der Waals surface area contributed by atoms with Gasteiger partial charge >= 0.3 is 0 Å². The van der Waals surface area contributed by atoms with Crippen molar-refractivity contribution in [1.82, 2.24) is 10.2 Å². The molecule has 0 radical (unpaired) electrons. The number of amides is 2. The highest BCUT2D eigenvalue weighted by atomic mass is 16.7. The second kappa shape index (κ2) is 6.77. The molecule has 2 fully saturated rings. The number of benzene rings is 1. The van der Waals surface area contributed by atoms with Crippen LogP contribution in [0.5, 0.6) is 0 Å². The fourth-order valence-electron chi connectivity index (χ4n) is 3.20. The summed E-state index contributed by atoms with van der Waals surface area (Å²) in [5.74, 6) is -0.636. The van der Waals surface area contributed by atoms with Crippen LogP contribution in [0.4, 0.5) is 0 Å². The van der Waals surface area contributed by atoms with E-state index in [4.69, 9.17) is 9.47 Å². The average Bonchev–Trinajstić information content (AvgIpc) is 3.02. The van der Waals surface area contributed by atoms with Gasteiger partial charge in [-0.2, -0.15) is 0 Å². The van der Waals surface area contributed by atoms with Gasteiger partial charge in [0.05, 0.1) is 13.2 Å². The minimum Gasteiger partial charge on any atom is -0.347 e. The molecular formula is C19H26N2O4. The Morgan fingerprint density at radius 1 is 1.00 bits per heavy atom. The smallest absolute Gasteiger partial charge is 0.253 e. The van der Waals surface area contributed by atoms with E-state index in [2.05, 4.69) is 5.32 Å². The lowest BCUT2D eigenvalue weighted by molar-refractivity contribution is -0.181. The topological polar surface area (TPSA) is 67.9 Å². The minimum atomic E-state index is -0.480. The van der Waals surface area contributed by atoms with Crippen molar-refractivity contribution in [2.75, 3.05) is 26.3 Å². The molecule has 2 heterocycles. The maximum atomic E-state index is 12.7. The first kappa shape index (κ1) is 17.9. The maximum absolute atomic E-state index is 12.7. The molecule has 0 atom stereocenters. The zero-order valence-corrected chi connectivity index (χ0v) is 15.1. The van der Waals surface area contributed by atoms with E-state index in [0.29, 0.717) is 50.3 Å². The minimum absolute atomic E-state index is 0.0179. The standard InChI is InChI=1S/C19H26N2O4/c1-18(2,3)20-16(22)14-4-6-15(7-5-14)17(23)21-10-8-19(9-11-21)24-12-13-25-19/h4-7H,8-13H2,1-3H3,(H,20,22). The van der Waals surface area contributed by atoms with Crippen molar-refractivity contribution in [2.45, 2.75) is 44.9 Å². The normalized spacial score (nSPS) is 19.9. The van der Waals surface area contributed by atoms with Gasteiger partial charge in [0.25, 0.3) is 11.8 Å². The molecule has 1 N–H and O–H groups in total. The molecule has 2 amide bonds. The highest BCUT2D eigenvalue weighted by Crippen LogP contribution is 2.31. The number of carbonyl (C=O) groups is 2. The first-order valence-electron chi connectivity index (χ1n) is 8.78. The molecule has 0 saturated carbocycles. The number of hydrogen-bond donors (Lipinski definition) is 1. The Bertz CT molecular complexity index is 632. The number of rotatable bonds is 2. The van der Waals surface area contributed by atoms with Crippen LogP contribution in [0.3, 0.4) is 0 Å². The van der Waals surface area contributed by atoms with Gasteiger partial charge in [-0.25, -0.2) is 0 Å². The van der Waals surface area contributed by atoms with E-state index >= 15 is 0 Å². The van der Waals surface area contributed by atoms with E-state index in [1.807, 2.05) is 25.7 Å². The molecule has 1 aromatic rings. The number of nitrogens with one attached hydrogen (secondary N) is 1. The summed E-state index contributed by atoms with van der Waals surface area (Å²) in [6.45, 7) is 8.30. The quantitative estimate of drug-likeness (QED) is 0.891. The molecule has 0 aromatic heterocycles. The van der Waals surface area contributed by atoms with Crippen LogP contribution >= 0.6 is 0 Å². The number of nitrogens with zero attached hydrogens (tertiary/aromatic N) is 1. The number of carbonyl (C=O) groups excluding carboxylic acids is 2. The van der Waals surface area contributed by atoms with Crippen LogP contribution in [0, 0.1) is 0 Å². The third kappa shape index (κ3) is 4.19. The SMILES string of the molecule is CC(C)(C)NC(=O)c1ccc(C(=O)N2CCC3(CC2)OCCO3)cc1. The molecule has 0 aliphatic carbocycles. The lowest BCUT2D eigenvalue weighted by Crippen LogP contribution is -2.47. The van der Waals surface area contributed by atoms with Gasteiger partial charge in [-0.3, -0.25) is 9.59 Å². The predicted octanol–water partition coefficient (Wildman–Crippen LogP) is 2.19. The zero-order valence-electron chi connectivity index (χ0n) is 15.1. The van der Waals surface area contributed by atoms with E-state index < -0.39 is 5.79 Å². The van der Waals surface area contributed by atoms with Gasteiger partial charge in [-0.05, 0) is 45.0 Å². The fourth-order valence-corrected chi connectivity index (χ4v) is 3.20.